The van der Waals surface area contributed by atoms with Gasteiger partial charge < -0.3 is 9.47 Å². The first-order valence-corrected chi connectivity index (χ1v) is 6.31. The van der Waals surface area contributed by atoms with Crippen LogP contribution in [0.5, 0.6) is 11.5 Å². The number of aromatic nitrogens is 2. The zero-order valence-electron chi connectivity index (χ0n) is 11.1. The second kappa shape index (κ2) is 5.89. The van der Waals surface area contributed by atoms with Crippen LogP contribution in [0.25, 0.3) is 11.3 Å². The molecule has 0 fully saturated rings. The molecule has 0 unspecified atom stereocenters. The molecule has 1 aromatic heterocycles. The summed E-state index contributed by atoms with van der Waals surface area (Å²) >= 11 is 6.00. The van der Waals surface area contributed by atoms with E-state index in [4.69, 9.17) is 21.1 Å². The summed E-state index contributed by atoms with van der Waals surface area (Å²) in [5.41, 5.74) is 1.69. The van der Waals surface area contributed by atoms with Gasteiger partial charge in [0.2, 0.25) is 0 Å². The second-order valence-electron chi connectivity index (χ2n) is 3.92. The summed E-state index contributed by atoms with van der Waals surface area (Å²) in [5.74, 6) is 2.06. The molecule has 0 spiro atoms. The normalized spacial score (nSPS) is 10.3. The summed E-state index contributed by atoms with van der Waals surface area (Å²) < 4.78 is 10.5. The molecule has 0 aliphatic rings. The zero-order valence-corrected chi connectivity index (χ0v) is 11.9. The number of hydrogen-bond donors (Lipinski definition) is 0. The predicted molar refractivity (Wildman–Crippen MR) is 75.0 cm³/mol. The monoisotopic (exact) mass is 278 g/mol. The van der Waals surface area contributed by atoms with Crippen molar-refractivity contribution in [3.8, 4) is 22.8 Å². The fraction of sp³-hybridized carbons (Fsp3) is 0.286. The van der Waals surface area contributed by atoms with Gasteiger partial charge in [-0.2, -0.15) is 0 Å². The van der Waals surface area contributed by atoms with E-state index in [-0.39, 0.29) is 0 Å². The third kappa shape index (κ3) is 2.96. The van der Waals surface area contributed by atoms with Gasteiger partial charge in [-0.15, -0.1) is 0 Å². The molecule has 0 bridgehead atoms. The molecule has 0 aliphatic carbocycles. The second-order valence-corrected chi connectivity index (χ2v) is 4.30. The summed E-state index contributed by atoms with van der Waals surface area (Å²) in [5, 5.41) is 0.441. The number of nitrogens with zero attached hydrogens (tertiary/aromatic N) is 2. The third-order valence-corrected chi connectivity index (χ3v) is 2.93. The maximum absolute atomic E-state index is 6.00. The highest BCUT2D eigenvalue weighted by atomic mass is 35.5. The standard InChI is InChI=1S/C14H15ClN2O2/c1-4-14-16-10(8-13(15)17-14)9-5-6-11(18-2)12(7-9)19-3/h5-8H,4H2,1-3H3. The number of rotatable bonds is 4. The molecule has 0 amide bonds. The lowest BCUT2D eigenvalue weighted by atomic mass is 10.1. The van der Waals surface area contributed by atoms with Crippen LogP contribution in [0.15, 0.2) is 24.3 Å². The average molecular weight is 279 g/mol. The van der Waals surface area contributed by atoms with Crippen molar-refractivity contribution in [1.82, 2.24) is 9.97 Å². The highest BCUT2D eigenvalue weighted by Gasteiger charge is 2.09. The Morgan fingerprint density at radius 2 is 1.79 bits per heavy atom. The van der Waals surface area contributed by atoms with Crippen molar-refractivity contribution in [3.63, 3.8) is 0 Å². The first-order chi connectivity index (χ1) is 9.17. The van der Waals surface area contributed by atoms with Gasteiger partial charge >= 0.3 is 0 Å². The highest BCUT2D eigenvalue weighted by Crippen LogP contribution is 2.32. The van der Waals surface area contributed by atoms with Gasteiger partial charge in [-0.25, -0.2) is 9.97 Å². The Morgan fingerprint density at radius 1 is 1.05 bits per heavy atom. The third-order valence-electron chi connectivity index (χ3n) is 2.74. The van der Waals surface area contributed by atoms with Crippen LogP contribution in [0, 0.1) is 0 Å². The molecule has 5 heteroatoms. The van der Waals surface area contributed by atoms with Crippen LogP contribution < -0.4 is 9.47 Å². The summed E-state index contributed by atoms with van der Waals surface area (Å²) in [4.78, 5) is 8.61. The molecule has 19 heavy (non-hydrogen) atoms. The van der Waals surface area contributed by atoms with Crippen LogP contribution >= 0.6 is 11.6 Å². The molecule has 100 valence electrons. The van der Waals surface area contributed by atoms with E-state index in [0.717, 1.165) is 23.5 Å². The summed E-state index contributed by atoms with van der Waals surface area (Å²) in [6.45, 7) is 1.99. The van der Waals surface area contributed by atoms with Crippen molar-refractivity contribution in [3.05, 3.63) is 35.2 Å². The number of benzene rings is 1. The molecule has 0 aliphatic heterocycles. The van der Waals surface area contributed by atoms with Crippen molar-refractivity contribution in [2.75, 3.05) is 14.2 Å². The van der Waals surface area contributed by atoms with Crippen molar-refractivity contribution < 1.29 is 9.47 Å². The molecule has 2 rings (SSSR count). The van der Waals surface area contributed by atoms with Crippen molar-refractivity contribution in [1.29, 1.82) is 0 Å². The lowest BCUT2D eigenvalue weighted by Gasteiger charge is -2.10. The molecule has 0 saturated carbocycles. The Balaban J connectivity index is 2.49. The molecule has 0 atom stereocenters. The SMILES string of the molecule is CCc1nc(Cl)cc(-c2ccc(OC)c(OC)c2)n1. The van der Waals surface area contributed by atoms with Crippen molar-refractivity contribution in [2.24, 2.45) is 0 Å². The van der Waals surface area contributed by atoms with Crippen LogP contribution in [0.2, 0.25) is 5.15 Å². The summed E-state index contributed by atoms with van der Waals surface area (Å²) in [6.07, 6.45) is 0.737. The van der Waals surface area contributed by atoms with Crippen LogP contribution in [0.4, 0.5) is 0 Å². The first kappa shape index (κ1) is 13.6. The van der Waals surface area contributed by atoms with Gasteiger partial charge in [0.05, 0.1) is 19.9 Å². The van der Waals surface area contributed by atoms with Crippen molar-refractivity contribution in [2.45, 2.75) is 13.3 Å². The largest absolute Gasteiger partial charge is 0.493 e. The van der Waals surface area contributed by atoms with E-state index >= 15 is 0 Å². The molecule has 2 aromatic rings. The number of ether oxygens (including phenoxy) is 2. The molecular weight excluding hydrogens is 264 g/mol. The summed E-state index contributed by atoms with van der Waals surface area (Å²) in [7, 11) is 3.21. The van der Waals surface area contributed by atoms with E-state index in [9.17, 15) is 0 Å². The number of hydrogen-bond acceptors (Lipinski definition) is 4. The van der Waals surface area contributed by atoms with Gasteiger partial charge in [-0.05, 0) is 18.2 Å². The van der Waals surface area contributed by atoms with E-state index in [0.29, 0.717) is 16.7 Å². The number of halogens is 1. The molecular formula is C14H15ClN2O2. The van der Waals surface area contributed by atoms with Gasteiger partial charge in [-0.3, -0.25) is 0 Å². The number of aryl methyl sites for hydroxylation is 1. The molecule has 0 N–H and O–H groups in total. The minimum Gasteiger partial charge on any atom is -0.493 e. The fourth-order valence-corrected chi connectivity index (χ4v) is 1.97. The minimum absolute atomic E-state index is 0.441. The van der Waals surface area contributed by atoms with Crippen LogP contribution in [-0.4, -0.2) is 24.2 Å². The lowest BCUT2D eigenvalue weighted by Crippen LogP contribution is -1.96. The first-order valence-electron chi connectivity index (χ1n) is 5.93. The average Bonchev–Trinajstić information content (AvgIpc) is 2.45. The summed E-state index contributed by atoms with van der Waals surface area (Å²) in [6, 6.07) is 7.37. The van der Waals surface area contributed by atoms with E-state index in [1.165, 1.54) is 0 Å². The van der Waals surface area contributed by atoms with Crippen LogP contribution in [0.1, 0.15) is 12.7 Å². The van der Waals surface area contributed by atoms with E-state index < -0.39 is 0 Å². The maximum atomic E-state index is 6.00. The van der Waals surface area contributed by atoms with Gasteiger partial charge in [0.15, 0.2) is 11.5 Å². The Kier molecular flexibility index (Phi) is 4.22. The molecule has 0 radical (unpaired) electrons. The molecule has 1 aromatic carbocycles. The zero-order chi connectivity index (χ0) is 13.8. The fourth-order valence-electron chi connectivity index (χ4n) is 1.77. The smallest absolute Gasteiger partial charge is 0.161 e. The van der Waals surface area contributed by atoms with Gasteiger partial charge in [-0.1, -0.05) is 18.5 Å². The molecule has 0 saturated heterocycles. The van der Waals surface area contributed by atoms with Gasteiger partial charge in [0, 0.05) is 18.1 Å². The topological polar surface area (TPSA) is 44.2 Å². The van der Waals surface area contributed by atoms with Crippen molar-refractivity contribution >= 4 is 11.6 Å². The molecule has 4 nitrogen and oxygen atoms in total. The Bertz CT molecular complexity index is 588. The maximum Gasteiger partial charge on any atom is 0.161 e. The highest BCUT2D eigenvalue weighted by molar-refractivity contribution is 6.29. The van der Waals surface area contributed by atoms with Crippen LogP contribution in [0.3, 0.4) is 0 Å². The quantitative estimate of drug-likeness (QED) is 0.804. The Labute approximate surface area is 117 Å². The lowest BCUT2D eigenvalue weighted by molar-refractivity contribution is 0.355. The Morgan fingerprint density at radius 3 is 2.42 bits per heavy atom. The van der Waals surface area contributed by atoms with E-state index in [1.807, 2.05) is 25.1 Å². The van der Waals surface area contributed by atoms with Crippen LogP contribution in [-0.2, 0) is 6.42 Å². The predicted octanol–water partition coefficient (Wildman–Crippen LogP) is 3.38. The van der Waals surface area contributed by atoms with E-state index in [2.05, 4.69) is 9.97 Å². The number of methoxy groups -OCH3 is 2. The van der Waals surface area contributed by atoms with Gasteiger partial charge in [0.1, 0.15) is 11.0 Å². The van der Waals surface area contributed by atoms with Gasteiger partial charge in [0.25, 0.3) is 0 Å². The Hall–Kier alpha value is -1.81. The minimum atomic E-state index is 0.441. The molecule has 1 heterocycles. The van der Waals surface area contributed by atoms with E-state index in [1.54, 1.807) is 20.3 Å².